The zero-order valence-corrected chi connectivity index (χ0v) is 31.3. The van der Waals surface area contributed by atoms with Crippen LogP contribution in [0.5, 0.6) is 0 Å². The summed E-state index contributed by atoms with van der Waals surface area (Å²) in [5, 5.41) is 3.03. The van der Waals surface area contributed by atoms with E-state index in [1.54, 1.807) is 23.5 Å². The van der Waals surface area contributed by atoms with Crippen LogP contribution in [-0.2, 0) is 0 Å². The molecule has 0 radical (unpaired) electrons. The maximum Gasteiger partial charge on any atom is 0.172 e. The molecular weight excluding hydrogens is 727 g/mol. The lowest BCUT2D eigenvalue weighted by molar-refractivity contribution is 0.454. The Labute approximate surface area is 325 Å². The van der Waals surface area contributed by atoms with E-state index < -0.39 is 34.4 Å². The molecule has 0 bridgehead atoms. The minimum atomic E-state index is -1.51. The third kappa shape index (κ3) is 6.01. The van der Waals surface area contributed by atoms with Crippen molar-refractivity contribution in [3.8, 4) is 22.4 Å². The quantitative estimate of drug-likeness (QED) is 0.118. The van der Waals surface area contributed by atoms with Gasteiger partial charge in [0, 0.05) is 37.0 Å². The van der Waals surface area contributed by atoms with Crippen molar-refractivity contribution in [2.24, 2.45) is 15.9 Å². The van der Waals surface area contributed by atoms with Gasteiger partial charge in [-0.15, -0.1) is 11.3 Å². The van der Waals surface area contributed by atoms with E-state index in [1.807, 2.05) is 36.4 Å². The maximum absolute atomic E-state index is 15.1. The second-order valence-electron chi connectivity index (χ2n) is 14.1. The molecule has 56 heavy (non-hydrogen) atoms. The summed E-state index contributed by atoms with van der Waals surface area (Å²) in [6.45, 7) is 6.93. The Kier molecular flexibility index (Phi) is 8.93. The molecule has 8 aromatic rings. The number of benzene rings is 6. The molecule has 8 heteroatoms. The fourth-order valence-electron chi connectivity index (χ4n) is 7.77. The molecule has 1 aliphatic heterocycles. The molecule has 274 valence electrons. The molecule has 0 saturated heterocycles. The fraction of sp³-hybridized carbons (Fsp3) is 0.104. The summed E-state index contributed by atoms with van der Waals surface area (Å²) >= 11 is 1.73. The Morgan fingerprint density at radius 3 is 1.93 bits per heavy atom. The molecule has 0 spiro atoms. The predicted molar refractivity (Wildman–Crippen MR) is 223 cm³/mol. The largest absolute Gasteiger partial charge is 0.257 e. The molecule has 2 atom stereocenters. The van der Waals surface area contributed by atoms with Crippen molar-refractivity contribution in [2.75, 3.05) is 0 Å². The van der Waals surface area contributed by atoms with Crippen LogP contribution in [0.3, 0.4) is 0 Å². The first-order valence-corrected chi connectivity index (χ1v) is 19.2. The van der Waals surface area contributed by atoms with Crippen LogP contribution in [0.25, 0.3) is 59.0 Å². The molecule has 0 saturated carbocycles. The van der Waals surface area contributed by atoms with E-state index in [-0.39, 0.29) is 23.2 Å². The van der Waals surface area contributed by atoms with Gasteiger partial charge in [0.2, 0.25) is 0 Å². The number of halogens is 4. The normalized spacial score (nSPS) is 15.7. The van der Waals surface area contributed by atoms with Gasteiger partial charge in [-0.3, -0.25) is 4.99 Å². The van der Waals surface area contributed by atoms with E-state index in [9.17, 15) is 8.78 Å². The Morgan fingerprint density at radius 2 is 1.27 bits per heavy atom. The van der Waals surface area contributed by atoms with Gasteiger partial charge in [0.15, 0.2) is 29.1 Å². The highest BCUT2D eigenvalue weighted by molar-refractivity contribution is 7.25. The topological polar surface area (TPSA) is 37.6 Å². The highest BCUT2D eigenvalue weighted by Crippen LogP contribution is 2.41. The molecule has 0 fully saturated rings. The van der Waals surface area contributed by atoms with Crippen molar-refractivity contribution in [1.82, 2.24) is 4.98 Å². The summed E-state index contributed by atoms with van der Waals surface area (Å²) in [6.07, 6.45) is 0.883. The first-order chi connectivity index (χ1) is 27.2. The zero-order chi connectivity index (χ0) is 38.7. The van der Waals surface area contributed by atoms with E-state index >= 15 is 8.78 Å². The molecule has 9 rings (SSSR count). The van der Waals surface area contributed by atoms with Crippen molar-refractivity contribution < 1.29 is 17.6 Å². The molecule has 2 aromatic heterocycles. The fourth-order valence-corrected chi connectivity index (χ4v) is 8.95. The average molecular weight is 760 g/mol. The standard InChI is InChI=1S/C48H33F4N3S/c1-4-33-46(27-11-7-5-8-12-27)54-48(28-13-9-6-10-14-28)55-47(33)32-16-20-35-34-19-15-30(24-38(34)56-39(35)25-32)29-17-21-36-31(23-29)18-22-37(53-36)41-44(51)42(49)40(26(2)3)43(50)45(41)52/h5-25,33,46H,2,4H2,1,3H3. The van der Waals surface area contributed by atoms with E-state index in [0.29, 0.717) is 10.9 Å². The summed E-state index contributed by atoms with van der Waals surface area (Å²) in [5.41, 5.74) is 4.63. The van der Waals surface area contributed by atoms with Crippen LogP contribution in [0.2, 0.25) is 0 Å². The van der Waals surface area contributed by atoms with Gasteiger partial charge in [0.1, 0.15) is 0 Å². The zero-order valence-electron chi connectivity index (χ0n) is 30.5. The highest BCUT2D eigenvalue weighted by atomic mass is 32.1. The summed E-state index contributed by atoms with van der Waals surface area (Å²) in [5.74, 6) is -5.16. The summed E-state index contributed by atoms with van der Waals surface area (Å²) in [6, 6.07) is 42.1. The van der Waals surface area contributed by atoms with Crippen molar-refractivity contribution >= 4 is 59.5 Å². The van der Waals surface area contributed by atoms with Gasteiger partial charge in [-0.05, 0) is 71.5 Å². The smallest absolute Gasteiger partial charge is 0.172 e. The minimum Gasteiger partial charge on any atom is -0.257 e. The summed E-state index contributed by atoms with van der Waals surface area (Å²) in [4.78, 5) is 14.8. The van der Waals surface area contributed by atoms with Gasteiger partial charge in [-0.2, -0.15) is 0 Å². The lowest BCUT2D eigenvalue weighted by Gasteiger charge is -2.30. The molecule has 0 aliphatic carbocycles. The number of aliphatic imine (C=N–C) groups is 2. The summed E-state index contributed by atoms with van der Waals surface area (Å²) < 4.78 is 62.0. The molecule has 6 aromatic carbocycles. The van der Waals surface area contributed by atoms with Gasteiger partial charge in [0.25, 0.3) is 0 Å². The third-order valence-electron chi connectivity index (χ3n) is 10.6. The van der Waals surface area contributed by atoms with E-state index in [2.05, 4.69) is 91.3 Å². The Hall–Kier alpha value is -6.25. The first-order valence-electron chi connectivity index (χ1n) is 18.4. The highest BCUT2D eigenvalue weighted by Gasteiger charge is 2.32. The third-order valence-corrected chi connectivity index (χ3v) is 11.7. The van der Waals surface area contributed by atoms with Crippen molar-refractivity contribution in [1.29, 1.82) is 0 Å². The monoisotopic (exact) mass is 759 g/mol. The Bertz CT molecular complexity index is 2900. The van der Waals surface area contributed by atoms with Gasteiger partial charge in [0.05, 0.1) is 34.1 Å². The number of aromatic nitrogens is 1. The average Bonchev–Trinajstić information content (AvgIpc) is 3.60. The van der Waals surface area contributed by atoms with Crippen LogP contribution in [0.1, 0.15) is 48.6 Å². The van der Waals surface area contributed by atoms with E-state index in [1.165, 1.54) is 23.9 Å². The number of thiophene rings is 1. The number of fused-ring (bicyclic) bond motifs is 4. The van der Waals surface area contributed by atoms with Gasteiger partial charge in [-0.25, -0.2) is 27.5 Å². The van der Waals surface area contributed by atoms with Crippen LogP contribution in [0, 0.1) is 29.2 Å². The lowest BCUT2D eigenvalue weighted by Crippen LogP contribution is -2.28. The van der Waals surface area contributed by atoms with Crippen molar-refractivity contribution in [3.05, 3.63) is 179 Å². The van der Waals surface area contributed by atoms with Crippen LogP contribution >= 0.6 is 11.3 Å². The van der Waals surface area contributed by atoms with Crippen LogP contribution < -0.4 is 0 Å². The minimum absolute atomic E-state index is 0.0603. The molecule has 3 nitrogen and oxygen atoms in total. The second-order valence-corrected chi connectivity index (χ2v) is 15.2. The van der Waals surface area contributed by atoms with Gasteiger partial charge >= 0.3 is 0 Å². The molecular formula is C48H33F4N3S. The number of hydrogen-bond acceptors (Lipinski definition) is 4. The Morgan fingerprint density at radius 1 is 0.661 bits per heavy atom. The van der Waals surface area contributed by atoms with E-state index in [0.717, 1.165) is 55.0 Å². The molecule has 0 amide bonds. The van der Waals surface area contributed by atoms with Crippen molar-refractivity contribution in [2.45, 2.75) is 26.3 Å². The number of pyridine rings is 1. The lowest BCUT2D eigenvalue weighted by atomic mass is 9.83. The van der Waals surface area contributed by atoms with Crippen molar-refractivity contribution in [3.63, 3.8) is 0 Å². The molecule has 1 aliphatic rings. The Balaban J connectivity index is 1.07. The first kappa shape index (κ1) is 35.5. The number of allylic oxidation sites excluding steroid dienone is 1. The van der Waals surface area contributed by atoms with Crippen LogP contribution in [0.15, 0.2) is 144 Å². The number of nitrogens with zero attached hydrogens (tertiary/aromatic N) is 3. The van der Waals surface area contributed by atoms with Crippen LogP contribution in [-0.4, -0.2) is 16.5 Å². The van der Waals surface area contributed by atoms with Crippen LogP contribution in [0.4, 0.5) is 17.6 Å². The van der Waals surface area contributed by atoms with Gasteiger partial charge < -0.3 is 0 Å². The number of amidine groups is 1. The molecule has 2 unspecified atom stereocenters. The molecule has 0 N–H and O–H groups in total. The summed E-state index contributed by atoms with van der Waals surface area (Å²) in [7, 11) is 0. The maximum atomic E-state index is 15.1. The SMILES string of the molecule is C=C(C)c1c(F)c(F)c(-c2ccc3cc(-c4ccc5c(c4)sc4cc(C6=NC(c7ccccc7)=NC(c7ccccc7)C6CC)ccc45)ccc3n2)c(F)c1F. The number of rotatable bonds is 7. The predicted octanol–water partition coefficient (Wildman–Crippen LogP) is 13.5. The van der Waals surface area contributed by atoms with Gasteiger partial charge in [-0.1, -0.05) is 111 Å². The molecule has 3 heterocycles. The number of hydrogen-bond donors (Lipinski definition) is 0. The van der Waals surface area contributed by atoms with E-state index in [4.69, 9.17) is 9.98 Å². The second kappa shape index (κ2) is 14.1.